The lowest BCUT2D eigenvalue weighted by atomic mass is 10.4. The van der Waals surface area contributed by atoms with Crippen molar-refractivity contribution in [3.05, 3.63) is 25.5 Å². The van der Waals surface area contributed by atoms with Gasteiger partial charge < -0.3 is 42.9 Å². The van der Waals surface area contributed by atoms with Crippen LogP contribution in [-0.2, 0) is 0 Å². The van der Waals surface area contributed by atoms with Gasteiger partial charge in [-0.25, -0.2) is 0 Å². The molecule has 132 valence electrons. The van der Waals surface area contributed by atoms with Crippen LogP contribution in [-0.4, -0.2) is 50.9 Å². The fraction of sp³-hybridized carbons (Fsp3) is 0. The lowest BCUT2D eigenvalue weighted by molar-refractivity contribution is -0.608. The average Bonchev–Trinajstić information content (AvgIpc) is 3.27. The minimum absolute atomic E-state index is 0.169. The van der Waals surface area contributed by atoms with Crippen molar-refractivity contribution in [1.29, 1.82) is 0 Å². The summed E-state index contributed by atoms with van der Waals surface area (Å²) in [6.45, 7) is 0. The zero-order valence-electron chi connectivity index (χ0n) is 11.9. The van der Waals surface area contributed by atoms with Crippen LogP contribution in [0.5, 0.6) is 0 Å². The van der Waals surface area contributed by atoms with E-state index in [0.29, 0.717) is 0 Å². The first kappa shape index (κ1) is 16.8. The van der Waals surface area contributed by atoms with Crippen molar-refractivity contribution in [2.45, 2.75) is 0 Å². The number of nitrogens with two attached hydrogens (primary N) is 3. The highest BCUT2D eigenvalue weighted by molar-refractivity contribution is 5.76. The average molecular weight is 355 g/mol. The van der Waals surface area contributed by atoms with Gasteiger partial charge in [-0.05, 0) is 20.0 Å². The van der Waals surface area contributed by atoms with Gasteiger partial charge in [0.25, 0.3) is 0 Å². The summed E-state index contributed by atoms with van der Waals surface area (Å²) in [6.07, 6.45) is 0. The van der Waals surface area contributed by atoms with Crippen molar-refractivity contribution in [1.82, 2.24) is 41.0 Å². The number of anilines is 2. The molecule has 3 heterocycles. The lowest BCUT2D eigenvalue weighted by Crippen LogP contribution is -2.47. The Balaban J connectivity index is 0.000000236. The summed E-state index contributed by atoms with van der Waals surface area (Å²) < 4.78 is 1.06. The summed E-state index contributed by atoms with van der Waals surface area (Å²) in [4.78, 5) is 19.3. The van der Waals surface area contributed by atoms with E-state index in [9.17, 15) is 20.2 Å². The van der Waals surface area contributed by atoms with Crippen molar-refractivity contribution < 1.29 is 14.5 Å². The number of hydrogen-bond donors (Lipinski definition) is 6. The Bertz CT molecular complexity index is 827. The predicted molar refractivity (Wildman–Crippen MR) is 76.5 cm³/mol. The topological polar surface area (TPSA) is 294 Å². The summed E-state index contributed by atoms with van der Waals surface area (Å²) in [7, 11) is 0. The van der Waals surface area contributed by atoms with E-state index in [-0.39, 0.29) is 17.8 Å². The molecule has 19 heteroatoms. The normalized spacial score (nSPS) is 9.92. The van der Waals surface area contributed by atoms with Crippen LogP contribution in [0, 0.1) is 20.2 Å². The Morgan fingerprint density at radius 1 is 1.08 bits per heavy atom. The van der Waals surface area contributed by atoms with Gasteiger partial charge in [0.1, 0.15) is 5.10 Å². The molecule has 3 aromatic heterocycles. The minimum Gasteiger partial charge on any atom is -0.358 e. The molecule has 0 atom stereocenters. The maximum atomic E-state index is 10.6. The Morgan fingerprint density at radius 2 is 1.80 bits per heavy atom. The molecule has 0 unspecified atom stereocenters. The Morgan fingerprint density at radius 3 is 2.20 bits per heavy atom. The molecule has 19 nitrogen and oxygen atoms in total. The van der Waals surface area contributed by atoms with E-state index in [2.05, 4.69) is 41.2 Å². The van der Waals surface area contributed by atoms with E-state index in [4.69, 9.17) is 17.3 Å². The number of rotatable bonds is 4. The van der Waals surface area contributed by atoms with E-state index in [1.165, 1.54) is 0 Å². The van der Waals surface area contributed by atoms with Gasteiger partial charge in [-0.2, -0.15) is 0 Å². The number of H-pyrrole nitrogens is 3. The third-order valence-corrected chi connectivity index (χ3v) is 2.40. The largest absolute Gasteiger partial charge is 0.430 e. The fourth-order valence-electron chi connectivity index (χ4n) is 1.32. The van der Waals surface area contributed by atoms with Crippen LogP contribution in [0.4, 0.5) is 35.2 Å². The van der Waals surface area contributed by atoms with Gasteiger partial charge in [0.15, 0.2) is 5.69 Å². The maximum absolute atomic E-state index is 10.6. The summed E-state index contributed by atoms with van der Waals surface area (Å²) in [5, 5.41) is 47.6. The van der Waals surface area contributed by atoms with E-state index >= 15 is 0 Å². The van der Waals surface area contributed by atoms with Crippen LogP contribution in [0.25, 0.3) is 5.32 Å². The molecule has 0 aliphatic rings. The van der Waals surface area contributed by atoms with Crippen LogP contribution in [0.15, 0.2) is 0 Å². The van der Waals surface area contributed by atoms with Crippen molar-refractivity contribution in [3.63, 3.8) is 0 Å². The molecule has 9 N–H and O–H groups in total. The molecule has 0 bridgehead atoms. The molecular formula is C6H9N15O4. The van der Waals surface area contributed by atoms with Gasteiger partial charge >= 0.3 is 23.5 Å². The molecule has 0 fully saturated rings. The number of nitrogen functional groups attached to an aromatic ring is 3. The van der Waals surface area contributed by atoms with Gasteiger partial charge in [-0.15, -0.1) is 15.0 Å². The first-order chi connectivity index (χ1) is 11.8. The molecule has 0 aromatic carbocycles. The van der Waals surface area contributed by atoms with Crippen LogP contribution in [0.2, 0.25) is 0 Å². The Hall–Kier alpha value is -4.58. The SMILES string of the molecule is Nc1n[nH]c(N)[n+]1N.O=[N+]([O-])c1n[nH]c([N+](=O)[O-])c1[N-]c1nn[nH]n1. The monoisotopic (exact) mass is 355 g/mol. The molecule has 0 saturated heterocycles. The third-order valence-electron chi connectivity index (χ3n) is 2.40. The van der Waals surface area contributed by atoms with Gasteiger partial charge in [-0.1, -0.05) is 0 Å². The van der Waals surface area contributed by atoms with Crippen molar-refractivity contribution in [2.24, 2.45) is 0 Å². The Labute approximate surface area is 134 Å². The first-order valence-electron chi connectivity index (χ1n) is 5.90. The Kier molecular flexibility index (Phi) is 4.48. The van der Waals surface area contributed by atoms with Crippen LogP contribution in [0.3, 0.4) is 0 Å². The predicted octanol–water partition coefficient (Wildman–Crippen LogP) is -2.35. The summed E-state index contributed by atoms with van der Waals surface area (Å²) in [6, 6.07) is 0. The number of aromatic amines is 3. The van der Waals surface area contributed by atoms with Crippen LogP contribution in [0.1, 0.15) is 0 Å². The summed E-state index contributed by atoms with van der Waals surface area (Å²) in [5.41, 5.74) is 9.77. The number of hydrogen-bond acceptors (Lipinski definition) is 12. The number of tetrazole rings is 1. The number of nitrogens with one attached hydrogen (secondary N) is 3. The zero-order valence-corrected chi connectivity index (χ0v) is 11.9. The fourth-order valence-corrected chi connectivity index (χ4v) is 1.32. The number of aromatic nitrogens is 9. The number of nitro groups is 2. The summed E-state index contributed by atoms with van der Waals surface area (Å²) in [5.74, 6) is 3.79. The molecule has 25 heavy (non-hydrogen) atoms. The van der Waals surface area contributed by atoms with E-state index in [1.807, 2.05) is 5.10 Å². The van der Waals surface area contributed by atoms with Crippen LogP contribution >= 0.6 is 0 Å². The lowest BCUT2D eigenvalue weighted by Gasteiger charge is -2.02. The van der Waals surface area contributed by atoms with Gasteiger partial charge in [0.05, 0.1) is 5.95 Å². The van der Waals surface area contributed by atoms with E-state index in [1.54, 1.807) is 0 Å². The molecule has 3 aromatic rings. The summed E-state index contributed by atoms with van der Waals surface area (Å²) >= 11 is 0. The minimum atomic E-state index is -0.914. The molecule has 0 saturated carbocycles. The third kappa shape index (κ3) is 3.61. The molecule has 0 amide bonds. The highest BCUT2D eigenvalue weighted by Gasteiger charge is 2.29. The molecule has 0 spiro atoms. The standard InChI is InChI=1S/C4H2N9O4.C2H6N6/c14-12(15)2-1(3(7-6-2)13(16)17)5-4-8-10-11-9-4;3-1-6-7-2(4)8(1)5/h(H2-,5,6,7,8,9,10,11);5H2,(H4,3,4,6,7)/q-1;/p+1. The van der Waals surface area contributed by atoms with Gasteiger partial charge in [0, 0.05) is 0 Å². The second-order valence-corrected chi connectivity index (χ2v) is 3.92. The van der Waals surface area contributed by atoms with E-state index < -0.39 is 27.2 Å². The van der Waals surface area contributed by atoms with Gasteiger partial charge in [-0.3, -0.25) is 15.4 Å². The second kappa shape index (κ2) is 6.67. The molecule has 0 aliphatic heterocycles. The molecule has 0 aliphatic carbocycles. The smallest absolute Gasteiger partial charge is 0.358 e. The van der Waals surface area contributed by atoms with Crippen LogP contribution < -0.4 is 22.0 Å². The molecule has 3 rings (SSSR count). The highest BCUT2D eigenvalue weighted by atomic mass is 16.6. The van der Waals surface area contributed by atoms with Crippen molar-refractivity contribution >= 4 is 35.2 Å². The quantitative estimate of drug-likeness (QED) is 0.124. The maximum Gasteiger partial charge on any atom is 0.430 e. The van der Waals surface area contributed by atoms with Crippen molar-refractivity contribution in [2.75, 3.05) is 17.3 Å². The second-order valence-electron chi connectivity index (χ2n) is 3.92. The molecule has 0 radical (unpaired) electrons. The molecular weight excluding hydrogens is 346 g/mol. The van der Waals surface area contributed by atoms with E-state index in [0.717, 1.165) is 4.68 Å². The number of nitrogens with zero attached hydrogens (tertiary/aromatic N) is 9. The van der Waals surface area contributed by atoms with Crippen molar-refractivity contribution in [3.8, 4) is 0 Å². The first-order valence-corrected chi connectivity index (χ1v) is 5.90. The highest BCUT2D eigenvalue weighted by Crippen LogP contribution is 2.40. The van der Waals surface area contributed by atoms with Gasteiger partial charge in [0.2, 0.25) is 0 Å². The zero-order chi connectivity index (χ0) is 18.6.